The first kappa shape index (κ1) is 18.9. The van der Waals surface area contributed by atoms with E-state index in [9.17, 15) is 9.59 Å². The number of benzene rings is 1. The Bertz CT molecular complexity index is 815. The zero-order chi connectivity index (χ0) is 19.4. The molecule has 144 valence electrons. The summed E-state index contributed by atoms with van der Waals surface area (Å²) in [5.74, 6) is -0.115. The van der Waals surface area contributed by atoms with Crippen molar-refractivity contribution >= 4 is 17.6 Å². The van der Waals surface area contributed by atoms with Gasteiger partial charge in [0.2, 0.25) is 5.91 Å². The molecule has 1 fully saturated rings. The van der Waals surface area contributed by atoms with E-state index in [1.165, 1.54) is 0 Å². The summed E-state index contributed by atoms with van der Waals surface area (Å²) >= 11 is 0. The molecule has 1 aliphatic heterocycles. The third-order valence-corrected chi connectivity index (χ3v) is 4.91. The molecule has 0 saturated carbocycles. The van der Waals surface area contributed by atoms with Crippen LogP contribution in [0.1, 0.15) is 30.3 Å². The van der Waals surface area contributed by atoms with Crippen molar-refractivity contribution in [2.45, 2.75) is 46.2 Å². The number of nitrogens with one attached hydrogen (secondary N) is 2. The minimum absolute atomic E-state index is 0.115. The van der Waals surface area contributed by atoms with Crippen LogP contribution in [0.5, 0.6) is 0 Å². The molecule has 0 aliphatic carbocycles. The Kier molecular flexibility index (Phi) is 5.78. The van der Waals surface area contributed by atoms with E-state index < -0.39 is 6.04 Å². The fraction of sp³-hybridized carbons (Fsp3) is 0.450. The molecule has 27 heavy (non-hydrogen) atoms. The van der Waals surface area contributed by atoms with Gasteiger partial charge in [0.25, 0.3) is 0 Å². The highest BCUT2D eigenvalue weighted by atomic mass is 16.2. The zero-order valence-electron chi connectivity index (χ0n) is 16.2. The molecular formula is C20H27N5O2. The quantitative estimate of drug-likeness (QED) is 0.850. The Morgan fingerprint density at radius 3 is 2.74 bits per heavy atom. The van der Waals surface area contributed by atoms with Crippen LogP contribution in [-0.4, -0.2) is 45.8 Å². The van der Waals surface area contributed by atoms with Gasteiger partial charge in [0.05, 0.1) is 17.1 Å². The lowest BCUT2D eigenvalue weighted by molar-refractivity contribution is -0.127. The molecule has 1 aromatic carbocycles. The number of carbonyl (C=O) groups is 2. The number of urea groups is 1. The molecule has 7 nitrogen and oxygen atoms in total. The van der Waals surface area contributed by atoms with Crippen molar-refractivity contribution < 1.29 is 9.59 Å². The number of hydrogen-bond donors (Lipinski definition) is 2. The molecule has 0 spiro atoms. The van der Waals surface area contributed by atoms with Crippen molar-refractivity contribution in [3.05, 3.63) is 47.3 Å². The Labute approximate surface area is 159 Å². The van der Waals surface area contributed by atoms with Crippen molar-refractivity contribution in [2.75, 3.05) is 18.4 Å². The van der Waals surface area contributed by atoms with Crippen molar-refractivity contribution in [2.24, 2.45) is 0 Å². The molecule has 3 rings (SSSR count). The topological polar surface area (TPSA) is 79.3 Å². The minimum Gasteiger partial charge on any atom is -0.353 e. The van der Waals surface area contributed by atoms with Gasteiger partial charge in [0.1, 0.15) is 6.04 Å². The monoisotopic (exact) mass is 369 g/mol. The molecule has 0 bridgehead atoms. The molecule has 2 aromatic rings. The maximum atomic E-state index is 13.0. The van der Waals surface area contributed by atoms with Crippen LogP contribution < -0.4 is 10.6 Å². The summed E-state index contributed by atoms with van der Waals surface area (Å²) in [5, 5.41) is 10.4. The lowest BCUT2D eigenvalue weighted by Gasteiger charge is -2.35. The van der Waals surface area contributed by atoms with Crippen molar-refractivity contribution in [1.29, 1.82) is 0 Å². The molecule has 0 radical (unpaired) electrons. The van der Waals surface area contributed by atoms with Gasteiger partial charge in [-0.25, -0.2) is 4.79 Å². The molecule has 7 heteroatoms. The highest BCUT2D eigenvalue weighted by molar-refractivity contribution is 5.95. The molecule has 0 unspecified atom stereocenters. The van der Waals surface area contributed by atoms with E-state index in [0.717, 1.165) is 35.6 Å². The van der Waals surface area contributed by atoms with Gasteiger partial charge >= 0.3 is 6.03 Å². The van der Waals surface area contributed by atoms with Gasteiger partial charge in [0.15, 0.2) is 0 Å². The third kappa shape index (κ3) is 4.13. The predicted octanol–water partition coefficient (Wildman–Crippen LogP) is 2.48. The number of aromatic nitrogens is 2. The molecule has 3 amide bonds. The number of nitrogens with zero attached hydrogens (tertiary/aromatic N) is 3. The number of piperazine rings is 1. The second kappa shape index (κ2) is 8.24. The van der Waals surface area contributed by atoms with Crippen molar-refractivity contribution in [3.8, 4) is 0 Å². The highest BCUT2D eigenvalue weighted by Gasteiger charge is 2.33. The average Bonchev–Trinajstić information content (AvgIpc) is 2.92. The number of aryl methyl sites for hydroxylation is 2. The first-order valence-corrected chi connectivity index (χ1v) is 9.44. The molecule has 1 saturated heterocycles. The maximum absolute atomic E-state index is 13.0. The molecule has 2 heterocycles. The number of carbonyl (C=O) groups excluding carboxylic acids is 2. The number of anilines is 1. The van der Waals surface area contributed by atoms with Crippen molar-refractivity contribution in [1.82, 2.24) is 20.0 Å². The first-order chi connectivity index (χ1) is 13.0. The van der Waals surface area contributed by atoms with Gasteiger partial charge < -0.3 is 15.5 Å². The number of hydrogen-bond acceptors (Lipinski definition) is 3. The lowest BCUT2D eigenvalue weighted by Crippen LogP contribution is -2.59. The van der Waals surface area contributed by atoms with E-state index in [0.29, 0.717) is 19.5 Å². The summed E-state index contributed by atoms with van der Waals surface area (Å²) in [5.41, 5.74) is 3.48. The van der Waals surface area contributed by atoms with Crippen LogP contribution in [0, 0.1) is 13.8 Å². The van der Waals surface area contributed by atoms with Gasteiger partial charge in [-0.05, 0) is 25.8 Å². The first-order valence-electron chi connectivity index (χ1n) is 9.44. The minimum atomic E-state index is -0.521. The van der Waals surface area contributed by atoms with E-state index in [1.807, 2.05) is 48.9 Å². The molecule has 1 aliphatic rings. The van der Waals surface area contributed by atoms with Crippen LogP contribution in [0.25, 0.3) is 0 Å². The SMILES string of the molecule is CCCn1nc(C)c(NC(=O)N2CCNC(=O)[C@@H]2Cc2ccccc2)c1C. The van der Waals surface area contributed by atoms with Crippen LogP contribution in [0.4, 0.5) is 10.5 Å². The average molecular weight is 369 g/mol. The molecular weight excluding hydrogens is 342 g/mol. The normalized spacial score (nSPS) is 16.9. The van der Waals surface area contributed by atoms with Crippen LogP contribution in [0.3, 0.4) is 0 Å². The van der Waals surface area contributed by atoms with Gasteiger partial charge in [-0.15, -0.1) is 0 Å². The number of amides is 3. The Morgan fingerprint density at radius 1 is 1.30 bits per heavy atom. The van der Waals surface area contributed by atoms with Crippen LogP contribution >= 0.6 is 0 Å². The second-order valence-electron chi connectivity index (χ2n) is 6.89. The summed E-state index contributed by atoms with van der Waals surface area (Å²) < 4.78 is 1.91. The van der Waals surface area contributed by atoms with Crippen molar-refractivity contribution in [3.63, 3.8) is 0 Å². The zero-order valence-corrected chi connectivity index (χ0v) is 16.2. The molecule has 2 N–H and O–H groups in total. The third-order valence-electron chi connectivity index (χ3n) is 4.91. The summed E-state index contributed by atoms with van der Waals surface area (Å²) in [4.78, 5) is 27.0. The van der Waals surface area contributed by atoms with E-state index in [2.05, 4.69) is 22.7 Å². The summed E-state index contributed by atoms with van der Waals surface area (Å²) in [6.07, 6.45) is 1.47. The maximum Gasteiger partial charge on any atom is 0.322 e. The van der Waals surface area contributed by atoms with E-state index in [-0.39, 0.29) is 11.9 Å². The summed E-state index contributed by atoms with van der Waals surface area (Å²) in [6, 6.07) is 8.99. The standard InChI is InChI=1S/C20H27N5O2/c1-4-11-25-15(3)18(14(2)23-25)22-20(27)24-12-10-21-19(26)17(24)13-16-8-6-5-7-9-16/h5-9,17H,4,10-13H2,1-3H3,(H,21,26)(H,22,27)/t17-/m0/s1. The van der Waals surface area contributed by atoms with E-state index in [4.69, 9.17) is 0 Å². The Balaban J connectivity index is 1.78. The summed E-state index contributed by atoms with van der Waals surface area (Å²) in [7, 11) is 0. The lowest BCUT2D eigenvalue weighted by atomic mass is 10.0. The van der Waals surface area contributed by atoms with Gasteiger partial charge in [-0.2, -0.15) is 5.10 Å². The predicted molar refractivity (Wildman–Crippen MR) is 105 cm³/mol. The van der Waals surface area contributed by atoms with Gasteiger partial charge in [-0.1, -0.05) is 37.3 Å². The Hall–Kier alpha value is -2.83. The summed E-state index contributed by atoms with van der Waals surface area (Å²) in [6.45, 7) is 7.69. The van der Waals surface area contributed by atoms with Gasteiger partial charge in [0, 0.05) is 26.1 Å². The fourth-order valence-electron chi connectivity index (χ4n) is 3.48. The second-order valence-corrected chi connectivity index (χ2v) is 6.89. The molecule has 1 atom stereocenters. The van der Waals surface area contributed by atoms with E-state index >= 15 is 0 Å². The van der Waals surface area contributed by atoms with E-state index in [1.54, 1.807) is 4.90 Å². The van der Waals surface area contributed by atoms with Crippen LogP contribution in [-0.2, 0) is 17.8 Å². The van der Waals surface area contributed by atoms with Crippen LogP contribution in [0.2, 0.25) is 0 Å². The Morgan fingerprint density at radius 2 is 2.04 bits per heavy atom. The highest BCUT2D eigenvalue weighted by Crippen LogP contribution is 2.21. The largest absolute Gasteiger partial charge is 0.353 e. The smallest absolute Gasteiger partial charge is 0.322 e. The molecule has 1 aromatic heterocycles. The number of rotatable bonds is 5. The van der Waals surface area contributed by atoms with Crippen LogP contribution in [0.15, 0.2) is 30.3 Å². The fourth-order valence-corrected chi connectivity index (χ4v) is 3.48. The van der Waals surface area contributed by atoms with Gasteiger partial charge in [-0.3, -0.25) is 9.48 Å².